The van der Waals surface area contributed by atoms with Crippen molar-refractivity contribution in [3.8, 4) is 5.75 Å². The maximum atomic E-state index is 12.2. The summed E-state index contributed by atoms with van der Waals surface area (Å²) in [5.41, 5.74) is 1.47. The molecule has 0 saturated carbocycles. The first kappa shape index (κ1) is 22.4. The van der Waals surface area contributed by atoms with E-state index in [2.05, 4.69) is 10.0 Å². The van der Waals surface area contributed by atoms with E-state index in [0.717, 1.165) is 5.56 Å². The summed E-state index contributed by atoms with van der Waals surface area (Å²) >= 11 is 0. The van der Waals surface area contributed by atoms with Gasteiger partial charge in [0.2, 0.25) is 10.0 Å². The summed E-state index contributed by atoms with van der Waals surface area (Å²) in [4.78, 5) is 24.1. The number of ether oxygens (including phenoxy) is 2. The molecule has 0 heterocycles. The fourth-order valence-electron chi connectivity index (χ4n) is 2.32. The number of rotatable bonds is 9. The molecule has 0 aliphatic rings. The fourth-order valence-corrected chi connectivity index (χ4v) is 3.35. The smallest absolute Gasteiger partial charge is 0.307 e. The minimum atomic E-state index is -3.71. The van der Waals surface area contributed by atoms with Gasteiger partial charge in [0.05, 0.1) is 18.4 Å². The van der Waals surface area contributed by atoms with E-state index in [1.807, 2.05) is 6.92 Å². The molecule has 0 spiro atoms. The number of aryl methyl sites for hydroxylation is 1. The minimum absolute atomic E-state index is 0.115. The van der Waals surface area contributed by atoms with Crippen LogP contribution >= 0.6 is 0 Å². The molecule has 29 heavy (non-hydrogen) atoms. The molecule has 0 radical (unpaired) electrons. The van der Waals surface area contributed by atoms with Crippen LogP contribution in [0.5, 0.6) is 5.75 Å². The molecule has 8 nitrogen and oxygen atoms in total. The van der Waals surface area contributed by atoms with Crippen LogP contribution in [0.3, 0.4) is 0 Å². The minimum Gasteiger partial charge on any atom is -0.497 e. The van der Waals surface area contributed by atoms with Crippen molar-refractivity contribution in [3.05, 3.63) is 54.1 Å². The molecule has 0 saturated heterocycles. The molecule has 1 atom stereocenters. The molecule has 156 valence electrons. The molecule has 9 heteroatoms. The van der Waals surface area contributed by atoms with Crippen molar-refractivity contribution >= 4 is 27.6 Å². The second kappa shape index (κ2) is 10.0. The SMILES string of the molecule is COc1ccc(NC(=O)[C@H](C)OC(=O)CCNS(=O)(=O)c2ccc(C)cc2)cc1. The van der Waals surface area contributed by atoms with Crippen LogP contribution in [-0.4, -0.2) is 40.1 Å². The molecule has 0 fully saturated rings. The van der Waals surface area contributed by atoms with E-state index in [9.17, 15) is 18.0 Å². The Hall–Kier alpha value is -2.91. The topological polar surface area (TPSA) is 111 Å². The number of hydrogen-bond acceptors (Lipinski definition) is 6. The van der Waals surface area contributed by atoms with Gasteiger partial charge >= 0.3 is 5.97 Å². The highest BCUT2D eigenvalue weighted by molar-refractivity contribution is 7.89. The third-order valence-corrected chi connectivity index (χ3v) is 5.46. The number of sulfonamides is 1. The van der Waals surface area contributed by atoms with Gasteiger partial charge in [0.25, 0.3) is 5.91 Å². The van der Waals surface area contributed by atoms with Gasteiger partial charge in [-0.3, -0.25) is 9.59 Å². The zero-order valence-corrected chi connectivity index (χ0v) is 17.3. The summed E-state index contributed by atoms with van der Waals surface area (Å²) in [7, 11) is -2.17. The van der Waals surface area contributed by atoms with Gasteiger partial charge in [-0.15, -0.1) is 0 Å². The molecule has 2 aromatic carbocycles. The maximum absolute atomic E-state index is 12.2. The van der Waals surface area contributed by atoms with Crippen molar-refractivity contribution in [2.75, 3.05) is 19.0 Å². The molecule has 0 aliphatic carbocycles. The monoisotopic (exact) mass is 420 g/mol. The van der Waals surface area contributed by atoms with Crippen LogP contribution in [0.2, 0.25) is 0 Å². The van der Waals surface area contributed by atoms with Gasteiger partial charge in [0.1, 0.15) is 5.75 Å². The normalized spacial score (nSPS) is 12.1. The van der Waals surface area contributed by atoms with Gasteiger partial charge in [0, 0.05) is 12.2 Å². The Balaban J connectivity index is 1.78. The van der Waals surface area contributed by atoms with E-state index in [1.54, 1.807) is 36.4 Å². The van der Waals surface area contributed by atoms with E-state index in [1.165, 1.54) is 26.2 Å². The first-order valence-electron chi connectivity index (χ1n) is 8.92. The Morgan fingerprint density at radius 3 is 2.24 bits per heavy atom. The zero-order chi connectivity index (χ0) is 21.4. The standard InChI is InChI=1S/C20H24N2O6S/c1-14-4-10-18(11-5-14)29(25,26)21-13-12-19(23)28-15(2)20(24)22-16-6-8-17(27-3)9-7-16/h4-11,15,21H,12-13H2,1-3H3,(H,22,24)/t15-/m0/s1. The Morgan fingerprint density at radius 1 is 1.03 bits per heavy atom. The third-order valence-electron chi connectivity index (χ3n) is 3.99. The average Bonchev–Trinajstić information content (AvgIpc) is 2.68. The van der Waals surface area contributed by atoms with Crippen LogP contribution < -0.4 is 14.8 Å². The highest BCUT2D eigenvalue weighted by Crippen LogP contribution is 2.15. The number of anilines is 1. The summed E-state index contributed by atoms with van der Waals surface area (Å²) in [6, 6.07) is 13.0. The molecule has 1 amide bonds. The second-order valence-corrected chi connectivity index (χ2v) is 8.08. The molecule has 0 aromatic heterocycles. The molecule has 2 rings (SSSR count). The summed E-state index contributed by atoms with van der Waals surface area (Å²) in [5, 5.41) is 2.62. The van der Waals surface area contributed by atoms with Crippen LogP contribution in [-0.2, 0) is 24.3 Å². The first-order chi connectivity index (χ1) is 13.7. The molecule has 0 bridgehead atoms. The Bertz CT molecular complexity index is 940. The Morgan fingerprint density at radius 2 is 1.66 bits per heavy atom. The summed E-state index contributed by atoms with van der Waals surface area (Å²) in [6.45, 7) is 3.15. The highest BCUT2D eigenvalue weighted by atomic mass is 32.2. The van der Waals surface area contributed by atoms with Gasteiger partial charge in [0.15, 0.2) is 6.10 Å². The number of benzene rings is 2. The Kier molecular flexibility index (Phi) is 7.74. The van der Waals surface area contributed by atoms with Crippen molar-refractivity contribution in [2.24, 2.45) is 0 Å². The molecule has 0 aliphatic heterocycles. The fraction of sp³-hybridized carbons (Fsp3) is 0.300. The van der Waals surface area contributed by atoms with Gasteiger partial charge in [-0.05, 0) is 50.2 Å². The van der Waals surface area contributed by atoms with Gasteiger partial charge in [-0.2, -0.15) is 0 Å². The molecular formula is C20H24N2O6S. The predicted molar refractivity (Wildman–Crippen MR) is 108 cm³/mol. The average molecular weight is 420 g/mol. The van der Waals surface area contributed by atoms with Crippen molar-refractivity contribution in [3.63, 3.8) is 0 Å². The van der Waals surface area contributed by atoms with E-state index in [0.29, 0.717) is 11.4 Å². The third kappa shape index (κ3) is 6.88. The van der Waals surface area contributed by atoms with Crippen LogP contribution in [0.1, 0.15) is 18.9 Å². The quantitative estimate of drug-likeness (QED) is 0.602. The number of hydrogen-bond donors (Lipinski definition) is 2. The van der Waals surface area contributed by atoms with E-state index < -0.39 is 28.0 Å². The number of esters is 1. The molecule has 0 unspecified atom stereocenters. The van der Waals surface area contributed by atoms with Crippen LogP contribution in [0.4, 0.5) is 5.69 Å². The second-order valence-electron chi connectivity index (χ2n) is 6.31. The Labute approximate surface area is 170 Å². The van der Waals surface area contributed by atoms with Gasteiger partial charge < -0.3 is 14.8 Å². The van der Waals surface area contributed by atoms with Crippen LogP contribution in [0, 0.1) is 6.92 Å². The van der Waals surface area contributed by atoms with E-state index >= 15 is 0 Å². The van der Waals surface area contributed by atoms with Crippen molar-refractivity contribution in [2.45, 2.75) is 31.3 Å². The van der Waals surface area contributed by atoms with Crippen LogP contribution in [0.15, 0.2) is 53.4 Å². The largest absolute Gasteiger partial charge is 0.497 e. The lowest BCUT2D eigenvalue weighted by atomic mass is 10.2. The lowest BCUT2D eigenvalue weighted by Crippen LogP contribution is -2.32. The summed E-state index contributed by atoms with van der Waals surface area (Å²) in [6.07, 6.45) is -1.23. The number of carbonyl (C=O) groups is 2. The zero-order valence-electron chi connectivity index (χ0n) is 16.5. The lowest BCUT2D eigenvalue weighted by Gasteiger charge is -2.14. The summed E-state index contributed by atoms with van der Waals surface area (Å²) in [5.74, 6) is -0.534. The van der Waals surface area contributed by atoms with E-state index in [4.69, 9.17) is 9.47 Å². The highest BCUT2D eigenvalue weighted by Gasteiger charge is 2.19. The van der Waals surface area contributed by atoms with E-state index in [-0.39, 0.29) is 17.9 Å². The summed E-state index contributed by atoms with van der Waals surface area (Å²) < 4.78 is 36.8. The molecule has 2 N–H and O–H groups in total. The van der Waals surface area contributed by atoms with Crippen LogP contribution in [0.25, 0.3) is 0 Å². The van der Waals surface area contributed by atoms with Crippen molar-refractivity contribution in [1.29, 1.82) is 0 Å². The van der Waals surface area contributed by atoms with Crippen molar-refractivity contribution < 1.29 is 27.5 Å². The molecular weight excluding hydrogens is 396 g/mol. The lowest BCUT2D eigenvalue weighted by molar-refractivity contribution is -0.152. The number of nitrogens with one attached hydrogen (secondary N) is 2. The predicted octanol–water partition coefficient (Wildman–Crippen LogP) is 2.24. The number of methoxy groups -OCH3 is 1. The van der Waals surface area contributed by atoms with Gasteiger partial charge in [-0.1, -0.05) is 17.7 Å². The molecule has 2 aromatic rings. The van der Waals surface area contributed by atoms with Gasteiger partial charge in [-0.25, -0.2) is 13.1 Å². The maximum Gasteiger partial charge on any atom is 0.307 e. The number of carbonyl (C=O) groups excluding carboxylic acids is 2. The van der Waals surface area contributed by atoms with Crippen molar-refractivity contribution in [1.82, 2.24) is 4.72 Å². The first-order valence-corrected chi connectivity index (χ1v) is 10.4. The number of amides is 1.